The molecule has 0 unspecified atom stereocenters. The number of rotatable bonds is 4. The van der Waals surface area contributed by atoms with Crippen molar-refractivity contribution in [1.82, 2.24) is 14.7 Å². The number of halogens is 1. The third kappa shape index (κ3) is 3.99. The van der Waals surface area contributed by atoms with Gasteiger partial charge in [-0.3, -0.25) is 4.68 Å². The summed E-state index contributed by atoms with van der Waals surface area (Å²) in [6, 6.07) is 6.26. The number of nitrogens with one attached hydrogen (secondary N) is 1. The quantitative estimate of drug-likeness (QED) is 0.855. The molecule has 1 heterocycles. The van der Waals surface area contributed by atoms with Crippen molar-refractivity contribution >= 4 is 34.6 Å². The minimum Gasteiger partial charge on any atom is -0.346 e. The number of thiocarbonyl (C=S) groups is 1. The highest BCUT2D eigenvalue weighted by Crippen LogP contribution is 2.19. The fraction of sp³-hybridized carbons (Fsp3) is 0.375. The Balaban J connectivity index is 2.05. The lowest BCUT2D eigenvalue weighted by Crippen LogP contribution is -2.31. The van der Waals surface area contributed by atoms with Gasteiger partial charge in [0, 0.05) is 25.5 Å². The third-order valence-electron chi connectivity index (χ3n) is 3.48. The van der Waals surface area contributed by atoms with Crippen LogP contribution >= 0.6 is 23.8 Å². The van der Waals surface area contributed by atoms with Gasteiger partial charge in [0.2, 0.25) is 0 Å². The van der Waals surface area contributed by atoms with E-state index in [1.807, 2.05) is 29.7 Å². The molecule has 0 bridgehead atoms. The highest BCUT2D eigenvalue weighted by Gasteiger charge is 2.12. The van der Waals surface area contributed by atoms with Crippen molar-refractivity contribution < 1.29 is 0 Å². The van der Waals surface area contributed by atoms with Crippen molar-refractivity contribution in [2.24, 2.45) is 0 Å². The van der Waals surface area contributed by atoms with E-state index in [1.165, 1.54) is 5.56 Å². The van der Waals surface area contributed by atoms with Gasteiger partial charge in [0.25, 0.3) is 0 Å². The summed E-state index contributed by atoms with van der Waals surface area (Å²) in [5.74, 6) is 0. The number of benzene rings is 1. The Morgan fingerprint density at radius 3 is 2.77 bits per heavy atom. The van der Waals surface area contributed by atoms with Crippen molar-refractivity contribution in [1.29, 1.82) is 0 Å². The summed E-state index contributed by atoms with van der Waals surface area (Å²) in [5, 5.41) is 9.05. The average Bonchev–Trinajstić information content (AvgIpc) is 2.83. The maximum absolute atomic E-state index is 6.20. The molecular formula is C16H21ClN4S. The SMILES string of the molecule is CCn1cc(Cl)c(CN(C)C(=S)Nc2cc(C)ccc2C)n1. The van der Waals surface area contributed by atoms with Crippen molar-refractivity contribution in [3.05, 3.63) is 46.2 Å². The van der Waals surface area contributed by atoms with Crippen LogP contribution in [0.25, 0.3) is 0 Å². The van der Waals surface area contributed by atoms with Gasteiger partial charge in [0.1, 0.15) is 5.69 Å². The molecule has 0 fully saturated rings. The molecule has 6 heteroatoms. The zero-order valence-electron chi connectivity index (χ0n) is 13.4. The van der Waals surface area contributed by atoms with Gasteiger partial charge in [-0.2, -0.15) is 5.10 Å². The molecule has 0 radical (unpaired) electrons. The van der Waals surface area contributed by atoms with E-state index in [1.54, 1.807) is 0 Å². The van der Waals surface area contributed by atoms with Gasteiger partial charge in [0.05, 0.1) is 11.6 Å². The Morgan fingerprint density at radius 1 is 1.41 bits per heavy atom. The maximum atomic E-state index is 6.20. The average molecular weight is 337 g/mol. The highest BCUT2D eigenvalue weighted by atomic mass is 35.5. The molecule has 0 aliphatic rings. The zero-order chi connectivity index (χ0) is 16.3. The second-order valence-corrected chi connectivity index (χ2v) is 6.18. The van der Waals surface area contributed by atoms with Crippen LogP contribution in [-0.2, 0) is 13.1 Å². The summed E-state index contributed by atoms with van der Waals surface area (Å²) < 4.78 is 1.83. The van der Waals surface area contributed by atoms with Crippen LogP contribution in [0.1, 0.15) is 23.7 Å². The van der Waals surface area contributed by atoms with Crippen LogP contribution in [0.15, 0.2) is 24.4 Å². The van der Waals surface area contributed by atoms with E-state index in [2.05, 4.69) is 42.5 Å². The first-order chi connectivity index (χ1) is 10.4. The monoisotopic (exact) mass is 336 g/mol. The number of aromatic nitrogens is 2. The minimum atomic E-state index is 0.572. The van der Waals surface area contributed by atoms with E-state index >= 15 is 0 Å². The lowest BCUT2D eigenvalue weighted by Gasteiger charge is -2.21. The third-order valence-corrected chi connectivity index (χ3v) is 4.21. The molecule has 0 aliphatic heterocycles. The summed E-state index contributed by atoms with van der Waals surface area (Å²) in [4.78, 5) is 1.94. The summed E-state index contributed by atoms with van der Waals surface area (Å²) in [6.07, 6.45) is 1.84. The lowest BCUT2D eigenvalue weighted by atomic mass is 10.1. The maximum Gasteiger partial charge on any atom is 0.173 e. The number of nitrogens with zero attached hydrogens (tertiary/aromatic N) is 3. The van der Waals surface area contributed by atoms with E-state index in [-0.39, 0.29) is 0 Å². The fourth-order valence-electron chi connectivity index (χ4n) is 2.08. The van der Waals surface area contributed by atoms with Crippen molar-refractivity contribution in [2.75, 3.05) is 12.4 Å². The van der Waals surface area contributed by atoms with Crippen molar-refractivity contribution in [3.8, 4) is 0 Å². The molecule has 4 nitrogen and oxygen atoms in total. The molecule has 22 heavy (non-hydrogen) atoms. The Hall–Kier alpha value is -1.59. The number of hydrogen-bond donors (Lipinski definition) is 1. The van der Waals surface area contributed by atoms with Crippen LogP contribution in [0.3, 0.4) is 0 Å². The first-order valence-corrected chi connectivity index (χ1v) is 8.00. The summed E-state index contributed by atoms with van der Waals surface area (Å²) in [7, 11) is 1.93. The molecule has 1 aromatic carbocycles. The highest BCUT2D eigenvalue weighted by molar-refractivity contribution is 7.80. The molecule has 118 valence electrons. The molecular weight excluding hydrogens is 316 g/mol. The summed E-state index contributed by atoms with van der Waals surface area (Å²) >= 11 is 11.7. The van der Waals surface area contributed by atoms with E-state index < -0.39 is 0 Å². The Kier molecular flexibility index (Phi) is 5.42. The molecule has 0 aliphatic carbocycles. The Labute approximate surface area is 142 Å². The topological polar surface area (TPSA) is 33.1 Å². The van der Waals surface area contributed by atoms with Gasteiger partial charge >= 0.3 is 0 Å². The van der Waals surface area contributed by atoms with Gasteiger partial charge < -0.3 is 10.2 Å². The van der Waals surface area contributed by atoms with E-state index in [9.17, 15) is 0 Å². The summed E-state index contributed by atoms with van der Waals surface area (Å²) in [6.45, 7) is 7.53. The number of aryl methyl sites for hydroxylation is 3. The molecule has 0 saturated heterocycles. The molecule has 0 atom stereocenters. The van der Waals surface area contributed by atoms with E-state index in [0.29, 0.717) is 16.7 Å². The second-order valence-electron chi connectivity index (χ2n) is 5.38. The fourth-order valence-corrected chi connectivity index (χ4v) is 2.47. The lowest BCUT2D eigenvalue weighted by molar-refractivity contribution is 0.492. The molecule has 0 saturated carbocycles. The van der Waals surface area contributed by atoms with Gasteiger partial charge in [-0.15, -0.1) is 0 Å². The van der Waals surface area contributed by atoms with Crippen LogP contribution in [0.5, 0.6) is 0 Å². The van der Waals surface area contributed by atoms with Gasteiger partial charge in [-0.1, -0.05) is 23.7 Å². The first-order valence-electron chi connectivity index (χ1n) is 7.22. The zero-order valence-corrected chi connectivity index (χ0v) is 14.9. The van der Waals surface area contributed by atoms with Crippen LogP contribution < -0.4 is 5.32 Å². The predicted octanol–water partition coefficient (Wildman–Crippen LogP) is 4.00. The molecule has 1 aromatic heterocycles. The predicted molar refractivity (Wildman–Crippen MR) is 96.5 cm³/mol. The normalized spacial score (nSPS) is 10.6. The standard InChI is InChI=1S/C16H21ClN4S/c1-5-21-9-13(17)15(19-21)10-20(4)16(22)18-14-8-11(2)6-7-12(14)3/h6-9H,5,10H2,1-4H3,(H,18,22). The largest absolute Gasteiger partial charge is 0.346 e. The molecule has 0 spiro atoms. The van der Waals surface area contributed by atoms with Crippen LogP contribution in [-0.4, -0.2) is 26.8 Å². The van der Waals surface area contributed by atoms with Gasteiger partial charge in [-0.25, -0.2) is 0 Å². The molecule has 0 amide bonds. The summed E-state index contributed by atoms with van der Waals surface area (Å²) in [5.41, 5.74) is 4.22. The Morgan fingerprint density at radius 2 is 2.14 bits per heavy atom. The Bertz CT molecular complexity index is 681. The van der Waals surface area contributed by atoms with E-state index in [4.69, 9.17) is 23.8 Å². The van der Waals surface area contributed by atoms with Crippen LogP contribution in [0.2, 0.25) is 5.02 Å². The van der Waals surface area contributed by atoms with Crippen molar-refractivity contribution in [2.45, 2.75) is 33.9 Å². The van der Waals surface area contributed by atoms with Crippen molar-refractivity contribution in [3.63, 3.8) is 0 Å². The second kappa shape index (κ2) is 7.11. The smallest absolute Gasteiger partial charge is 0.173 e. The van der Waals surface area contributed by atoms with Crippen LogP contribution in [0, 0.1) is 13.8 Å². The van der Waals surface area contributed by atoms with E-state index in [0.717, 1.165) is 23.5 Å². The minimum absolute atomic E-state index is 0.572. The van der Waals surface area contributed by atoms with Gasteiger partial charge in [-0.05, 0) is 50.2 Å². The van der Waals surface area contributed by atoms with Gasteiger partial charge in [0.15, 0.2) is 5.11 Å². The number of hydrogen-bond acceptors (Lipinski definition) is 2. The molecule has 2 aromatic rings. The molecule has 1 N–H and O–H groups in total. The number of anilines is 1. The van der Waals surface area contributed by atoms with Crippen LogP contribution in [0.4, 0.5) is 5.69 Å². The first kappa shape index (κ1) is 16.8. The molecule has 2 rings (SSSR count).